The van der Waals surface area contributed by atoms with Crippen molar-refractivity contribution in [2.45, 2.75) is 13.3 Å². The third kappa shape index (κ3) is 1.37. The molecule has 0 aliphatic heterocycles. The van der Waals surface area contributed by atoms with Crippen molar-refractivity contribution >= 4 is 0 Å². The van der Waals surface area contributed by atoms with Gasteiger partial charge >= 0.3 is 0 Å². The minimum atomic E-state index is 0. The van der Waals surface area contributed by atoms with Crippen LogP contribution in [0.4, 0.5) is 4.70 Å². The number of H-pyrrole nitrogens is 1. The molecule has 1 aromatic heterocycles. The molecule has 0 fully saturated rings. The normalized spacial score (nSPS) is 8.12. The van der Waals surface area contributed by atoms with Crippen LogP contribution in [0, 0.1) is 0 Å². The average molecular weight is 115 g/mol. The lowest BCUT2D eigenvalue weighted by molar-refractivity contribution is 1.06. The van der Waals surface area contributed by atoms with Crippen molar-refractivity contribution in [1.82, 2.24) is 4.98 Å². The van der Waals surface area contributed by atoms with Crippen molar-refractivity contribution in [2.75, 3.05) is 0 Å². The first-order chi connectivity index (χ1) is 3.43. The Balaban J connectivity index is 0.000000490. The van der Waals surface area contributed by atoms with Gasteiger partial charge in [-0.3, -0.25) is 4.70 Å². The summed E-state index contributed by atoms with van der Waals surface area (Å²) in [5.74, 6) is 0. The SMILES string of the molecule is CCc1ccc[nH]1.F. The number of aromatic amines is 1. The van der Waals surface area contributed by atoms with Crippen LogP contribution < -0.4 is 0 Å². The predicted molar refractivity (Wildman–Crippen MR) is 32.7 cm³/mol. The lowest BCUT2D eigenvalue weighted by atomic mass is 10.4. The molecular weight excluding hydrogens is 105 g/mol. The van der Waals surface area contributed by atoms with Crippen LogP contribution in [0.25, 0.3) is 0 Å². The minimum absolute atomic E-state index is 0. The molecule has 0 aromatic carbocycles. The van der Waals surface area contributed by atoms with Crippen LogP contribution in [-0.2, 0) is 6.42 Å². The highest BCUT2D eigenvalue weighted by Crippen LogP contribution is 1.92. The maximum absolute atomic E-state index is 3.09. The maximum Gasteiger partial charge on any atom is 0.0144 e. The zero-order valence-corrected chi connectivity index (χ0v) is 4.85. The molecule has 1 nitrogen and oxygen atoms in total. The highest BCUT2D eigenvalue weighted by atomic mass is 19.0. The number of aromatic nitrogens is 1. The second kappa shape index (κ2) is 3.24. The van der Waals surface area contributed by atoms with Crippen LogP contribution >= 0.6 is 0 Å². The molecule has 1 N–H and O–H groups in total. The number of halogens is 1. The first-order valence-corrected chi connectivity index (χ1v) is 2.55. The fraction of sp³-hybridized carbons (Fsp3) is 0.333. The molecule has 1 aromatic rings. The van der Waals surface area contributed by atoms with Crippen molar-refractivity contribution < 1.29 is 4.70 Å². The van der Waals surface area contributed by atoms with Gasteiger partial charge in [0.15, 0.2) is 0 Å². The van der Waals surface area contributed by atoms with Crippen LogP contribution in [0.3, 0.4) is 0 Å². The standard InChI is InChI=1S/C6H9N.FH/c1-2-6-4-3-5-7-6;/h3-5,7H,2H2,1H3;1H. The van der Waals surface area contributed by atoms with Gasteiger partial charge in [0, 0.05) is 11.9 Å². The van der Waals surface area contributed by atoms with E-state index in [1.165, 1.54) is 5.69 Å². The first-order valence-electron chi connectivity index (χ1n) is 2.55. The molecule has 0 amide bonds. The van der Waals surface area contributed by atoms with E-state index < -0.39 is 0 Å². The van der Waals surface area contributed by atoms with Gasteiger partial charge in [0.2, 0.25) is 0 Å². The molecule has 46 valence electrons. The van der Waals surface area contributed by atoms with Gasteiger partial charge < -0.3 is 4.98 Å². The fourth-order valence-electron chi connectivity index (χ4n) is 0.587. The van der Waals surface area contributed by atoms with Gasteiger partial charge in [-0.05, 0) is 18.6 Å². The van der Waals surface area contributed by atoms with Crippen LogP contribution in [-0.4, -0.2) is 4.98 Å². The highest BCUT2D eigenvalue weighted by Gasteiger charge is 1.80. The molecule has 0 spiro atoms. The number of nitrogens with one attached hydrogen (secondary N) is 1. The largest absolute Gasteiger partial charge is 0.365 e. The van der Waals surface area contributed by atoms with E-state index in [-0.39, 0.29) is 4.70 Å². The molecule has 1 rings (SSSR count). The fourth-order valence-corrected chi connectivity index (χ4v) is 0.587. The average Bonchev–Trinajstić information content (AvgIpc) is 2.14. The summed E-state index contributed by atoms with van der Waals surface area (Å²) in [6.07, 6.45) is 3.05. The van der Waals surface area contributed by atoms with E-state index in [0.29, 0.717) is 0 Å². The van der Waals surface area contributed by atoms with Crippen molar-refractivity contribution in [2.24, 2.45) is 0 Å². The van der Waals surface area contributed by atoms with Gasteiger partial charge in [-0.1, -0.05) is 6.92 Å². The summed E-state index contributed by atoms with van der Waals surface area (Å²) in [4.78, 5) is 3.09. The van der Waals surface area contributed by atoms with E-state index in [1.54, 1.807) is 0 Å². The van der Waals surface area contributed by atoms with Crippen LogP contribution in [0.1, 0.15) is 12.6 Å². The summed E-state index contributed by atoms with van der Waals surface area (Å²) in [5, 5.41) is 0. The van der Waals surface area contributed by atoms with Gasteiger partial charge in [-0.25, -0.2) is 0 Å². The van der Waals surface area contributed by atoms with E-state index in [0.717, 1.165) is 6.42 Å². The molecular formula is C6H10FN. The lowest BCUT2D eigenvalue weighted by Gasteiger charge is -1.81. The summed E-state index contributed by atoms with van der Waals surface area (Å²) in [6, 6.07) is 4.10. The van der Waals surface area contributed by atoms with Gasteiger partial charge in [0.05, 0.1) is 0 Å². The number of aryl methyl sites for hydroxylation is 1. The summed E-state index contributed by atoms with van der Waals surface area (Å²) in [5.41, 5.74) is 1.31. The van der Waals surface area contributed by atoms with Crippen molar-refractivity contribution in [3.05, 3.63) is 24.0 Å². The molecule has 1 heterocycles. The highest BCUT2D eigenvalue weighted by molar-refractivity contribution is 5.02. The van der Waals surface area contributed by atoms with Crippen LogP contribution in [0.15, 0.2) is 18.3 Å². The Morgan fingerprint density at radius 1 is 1.62 bits per heavy atom. The Kier molecular flexibility index (Phi) is 2.92. The Bertz CT molecular complexity index is 123. The van der Waals surface area contributed by atoms with E-state index in [4.69, 9.17) is 0 Å². The lowest BCUT2D eigenvalue weighted by Crippen LogP contribution is -1.73. The van der Waals surface area contributed by atoms with Crippen molar-refractivity contribution in [3.63, 3.8) is 0 Å². The Labute approximate surface area is 48.1 Å². The van der Waals surface area contributed by atoms with Gasteiger partial charge in [0.1, 0.15) is 0 Å². The second-order valence-corrected chi connectivity index (χ2v) is 1.55. The molecule has 0 saturated heterocycles. The first kappa shape index (κ1) is 7.21. The summed E-state index contributed by atoms with van der Waals surface area (Å²) in [6.45, 7) is 2.13. The zero-order chi connectivity index (χ0) is 5.11. The third-order valence-electron chi connectivity index (χ3n) is 1.04. The predicted octanol–water partition coefficient (Wildman–Crippen LogP) is 1.73. The molecule has 0 bridgehead atoms. The van der Waals surface area contributed by atoms with Crippen LogP contribution in [0.5, 0.6) is 0 Å². The Hall–Kier alpha value is -0.790. The van der Waals surface area contributed by atoms with E-state index >= 15 is 0 Å². The molecule has 0 aliphatic carbocycles. The zero-order valence-electron chi connectivity index (χ0n) is 4.85. The van der Waals surface area contributed by atoms with Crippen molar-refractivity contribution in [3.8, 4) is 0 Å². The quantitative estimate of drug-likeness (QED) is 0.573. The van der Waals surface area contributed by atoms with Gasteiger partial charge in [-0.15, -0.1) is 0 Å². The van der Waals surface area contributed by atoms with E-state index in [9.17, 15) is 0 Å². The van der Waals surface area contributed by atoms with Crippen LogP contribution in [0.2, 0.25) is 0 Å². The molecule has 0 atom stereocenters. The van der Waals surface area contributed by atoms with E-state index in [1.807, 2.05) is 12.3 Å². The molecule has 0 saturated carbocycles. The van der Waals surface area contributed by atoms with Crippen molar-refractivity contribution in [1.29, 1.82) is 0 Å². The number of rotatable bonds is 1. The molecule has 0 aliphatic rings. The topological polar surface area (TPSA) is 15.8 Å². The third-order valence-corrected chi connectivity index (χ3v) is 1.04. The molecule has 0 unspecified atom stereocenters. The monoisotopic (exact) mass is 115 g/mol. The Morgan fingerprint density at radius 3 is 2.62 bits per heavy atom. The van der Waals surface area contributed by atoms with Gasteiger partial charge in [0.25, 0.3) is 0 Å². The number of hydrogen-bond acceptors (Lipinski definition) is 0. The summed E-state index contributed by atoms with van der Waals surface area (Å²) < 4.78 is 0. The minimum Gasteiger partial charge on any atom is -0.365 e. The molecule has 2 heteroatoms. The smallest absolute Gasteiger partial charge is 0.0144 e. The summed E-state index contributed by atoms with van der Waals surface area (Å²) in [7, 11) is 0. The van der Waals surface area contributed by atoms with Gasteiger partial charge in [-0.2, -0.15) is 0 Å². The maximum atomic E-state index is 3.09. The molecule has 8 heavy (non-hydrogen) atoms. The Morgan fingerprint density at radius 2 is 2.38 bits per heavy atom. The summed E-state index contributed by atoms with van der Waals surface area (Å²) >= 11 is 0. The second-order valence-electron chi connectivity index (χ2n) is 1.55. The van der Waals surface area contributed by atoms with E-state index in [2.05, 4.69) is 18.0 Å². The molecule has 0 radical (unpaired) electrons. The number of hydrogen-bond donors (Lipinski definition) is 1.